The topological polar surface area (TPSA) is 35.6 Å². The lowest BCUT2D eigenvalue weighted by molar-refractivity contribution is -0.137. The third-order valence-electron chi connectivity index (χ3n) is 4.50. The molecule has 1 unspecified atom stereocenters. The number of benzene rings is 1. The number of rotatable bonds is 4. The van der Waals surface area contributed by atoms with Crippen molar-refractivity contribution in [3.63, 3.8) is 0 Å². The first-order valence-corrected chi connectivity index (χ1v) is 8.15. The number of amides is 1. The second-order valence-electron chi connectivity index (χ2n) is 6.37. The Morgan fingerprint density at radius 2 is 1.58 bits per heavy atom. The summed E-state index contributed by atoms with van der Waals surface area (Å²) in [5.41, 5.74) is -1.02. The Labute approximate surface area is 140 Å². The van der Waals surface area contributed by atoms with E-state index in [9.17, 15) is 18.0 Å². The van der Waals surface area contributed by atoms with E-state index in [0.717, 1.165) is 32.2 Å². The lowest BCUT2D eigenvalue weighted by atomic mass is 10.1. The Kier molecular flexibility index (Phi) is 5.87. The third kappa shape index (κ3) is 4.48. The standard InChI is InChI=1S/C17H24F3N3O/c1-12(2)22-8-10-23(11-9-22)13(3)16(24)21-15-7-5-4-6-14(15)17(18,19)20/h4-7,12-13H,8-11H2,1-3H3,(H,21,24). The fraction of sp³-hybridized carbons (Fsp3) is 0.588. The van der Waals surface area contributed by atoms with Gasteiger partial charge in [-0.15, -0.1) is 0 Å². The molecular formula is C17H24F3N3O. The molecule has 134 valence electrons. The van der Waals surface area contributed by atoms with Crippen LogP contribution in [0.2, 0.25) is 0 Å². The van der Waals surface area contributed by atoms with E-state index in [1.807, 2.05) is 4.90 Å². The van der Waals surface area contributed by atoms with Crippen molar-refractivity contribution in [1.82, 2.24) is 9.80 Å². The number of halogens is 3. The first-order chi connectivity index (χ1) is 11.2. The van der Waals surface area contributed by atoms with Crippen LogP contribution in [0.15, 0.2) is 24.3 Å². The van der Waals surface area contributed by atoms with Gasteiger partial charge in [0.2, 0.25) is 5.91 Å². The van der Waals surface area contributed by atoms with Crippen LogP contribution in [-0.4, -0.2) is 54.0 Å². The minimum Gasteiger partial charge on any atom is -0.324 e. The summed E-state index contributed by atoms with van der Waals surface area (Å²) in [6, 6.07) is 5.03. The molecule has 0 bridgehead atoms. The van der Waals surface area contributed by atoms with Crippen LogP contribution in [0.4, 0.5) is 18.9 Å². The van der Waals surface area contributed by atoms with Crippen molar-refractivity contribution in [2.75, 3.05) is 31.5 Å². The SMILES string of the molecule is CC(C)N1CCN(C(C)C(=O)Nc2ccccc2C(F)(F)F)CC1. The van der Waals surface area contributed by atoms with Crippen LogP contribution >= 0.6 is 0 Å². The highest BCUT2D eigenvalue weighted by Gasteiger charge is 2.34. The van der Waals surface area contributed by atoms with Gasteiger partial charge >= 0.3 is 6.18 Å². The minimum atomic E-state index is -4.49. The molecule has 2 rings (SSSR count). The van der Waals surface area contributed by atoms with Crippen molar-refractivity contribution >= 4 is 11.6 Å². The van der Waals surface area contributed by atoms with Crippen LogP contribution in [0.1, 0.15) is 26.3 Å². The molecule has 1 aliphatic heterocycles. The molecule has 1 heterocycles. The molecule has 4 nitrogen and oxygen atoms in total. The second-order valence-corrected chi connectivity index (χ2v) is 6.37. The number of para-hydroxylation sites is 1. The van der Waals surface area contributed by atoms with Gasteiger partial charge in [-0.3, -0.25) is 14.6 Å². The predicted octanol–water partition coefficient (Wildman–Crippen LogP) is 3.06. The van der Waals surface area contributed by atoms with E-state index in [1.54, 1.807) is 6.92 Å². The fourth-order valence-corrected chi connectivity index (χ4v) is 2.88. The van der Waals surface area contributed by atoms with Crippen molar-refractivity contribution in [1.29, 1.82) is 0 Å². The van der Waals surface area contributed by atoms with E-state index in [2.05, 4.69) is 24.1 Å². The summed E-state index contributed by atoms with van der Waals surface area (Å²) in [5, 5.41) is 2.43. The summed E-state index contributed by atoms with van der Waals surface area (Å²) < 4.78 is 39.0. The molecule has 0 saturated carbocycles. The van der Waals surface area contributed by atoms with Gasteiger partial charge in [-0.2, -0.15) is 13.2 Å². The zero-order valence-electron chi connectivity index (χ0n) is 14.2. The van der Waals surface area contributed by atoms with Gasteiger partial charge in [0, 0.05) is 32.2 Å². The van der Waals surface area contributed by atoms with Crippen LogP contribution in [0.25, 0.3) is 0 Å². The molecule has 1 aromatic carbocycles. The highest BCUT2D eigenvalue weighted by molar-refractivity contribution is 5.95. The molecule has 1 aromatic rings. The lowest BCUT2D eigenvalue weighted by Gasteiger charge is -2.39. The highest BCUT2D eigenvalue weighted by atomic mass is 19.4. The molecule has 24 heavy (non-hydrogen) atoms. The Morgan fingerprint density at radius 1 is 1.04 bits per heavy atom. The van der Waals surface area contributed by atoms with Gasteiger partial charge in [0.25, 0.3) is 0 Å². The Balaban J connectivity index is 2.01. The van der Waals surface area contributed by atoms with Crippen LogP contribution in [-0.2, 0) is 11.0 Å². The second kappa shape index (κ2) is 7.53. The van der Waals surface area contributed by atoms with Gasteiger partial charge in [-0.1, -0.05) is 12.1 Å². The van der Waals surface area contributed by atoms with Crippen molar-refractivity contribution < 1.29 is 18.0 Å². The van der Waals surface area contributed by atoms with Crippen LogP contribution in [0, 0.1) is 0 Å². The quantitative estimate of drug-likeness (QED) is 0.913. The number of hydrogen-bond donors (Lipinski definition) is 1. The summed E-state index contributed by atoms with van der Waals surface area (Å²) >= 11 is 0. The number of nitrogens with one attached hydrogen (secondary N) is 1. The van der Waals surface area contributed by atoms with Crippen molar-refractivity contribution in [3.8, 4) is 0 Å². The molecule has 1 saturated heterocycles. The van der Waals surface area contributed by atoms with Crippen LogP contribution in [0.3, 0.4) is 0 Å². The van der Waals surface area contributed by atoms with Gasteiger partial charge in [0.05, 0.1) is 17.3 Å². The molecular weight excluding hydrogens is 319 g/mol. The van der Waals surface area contributed by atoms with Crippen molar-refractivity contribution in [2.24, 2.45) is 0 Å². The van der Waals surface area contributed by atoms with Gasteiger partial charge in [0.1, 0.15) is 0 Å². The minimum absolute atomic E-state index is 0.192. The molecule has 7 heteroatoms. The van der Waals surface area contributed by atoms with E-state index in [-0.39, 0.29) is 5.69 Å². The molecule has 0 radical (unpaired) electrons. The molecule has 0 spiro atoms. The molecule has 0 aromatic heterocycles. The Morgan fingerprint density at radius 3 is 2.12 bits per heavy atom. The first kappa shape index (κ1) is 18.7. The van der Waals surface area contributed by atoms with E-state index < -0.39 is 23.7 Å². The Hall–Kier alpha value is -1.60. The maximum absolute atomic E-state index is 13.0. The normalized spacial score (nSPS) is 18.6. The molecule has 1 fully saturated rings. The van der Waals surface area contributed by atoms with Gasteiger partial charge in [-0.05, 0) is 32.9 Å². The van der Waals surface area contributed by atoms with Gasteiger partial charge in [0.15, 0.2) is 0 Å². The number of alkyl halides is 3. The molecule has 1 N–H and O–H groups in total. The van der Waals surface area contributed by atoms with E-state index in [1.165, 1.54) is 18.2 Å². The van der Waals surface area contributed by atoms with Gasteiger partial charge < -0.3 is 5.32 Å². The monoisotopic (exact) mass is 343 g/mol. The predicted molar refractivity (Wildman–Crippen MR) is 87.8 cm³/mol. The van der Waals surface area contributed by atoms with E-state index in [0.29, 0.717) is 6.04 Å². The van der Waals surface area contributed by atoms with Crippen molar-refractivity contribution in [2.45, 2.75) is 39.0 Å². The van der Waals surface area contributed by atoms with E-state index in [4.69, 9.17) is 0 Å². The van der Waals surface area contributed by atoms with Crippen LogP contribution < -0.4 is 5.32 Å². The third-order valence-corrected chi connectivity index (χ3v) is 4.50. The maximum atomic E-state index is 13.0. The first-order valence-electron chi connectivity index (χ1n) is 8.15. The largest absolute Gasteiger partial charge is 0.418 e. The van der Waals surface area contributed by atoms with E-state index >= 15 is 0 Å². The smallest absolute Gasteiger partial charge is 0.324 e. The number of anilines is 1. The lowest BCUT2D eigenvalue weighted by Crippen LogP contribution is -2.54. The highest BCUT2D eigenvalue weighted by Crippen LogP contribution is 2.34. The molecule has 1 aliphatic rings. The zero-order valence-corrected chi connectivity index (χ0v) is 14.2. The number of piperazine rings is 1. The van der Waals surface area contributed by atoms with Crippen LogP contribution in [0.5, 0.6) is 0 Å². The average molecular weight is 343 g/mol. The molecule has 1 amide bonds. The maximum Gasteiger partial charge on any atom is 0.418 e. The Bertz CT molecular complexity index is 566. The summed E-state index contributed by atoms with van der Waals surface area (Å²) in [6.45, 7) is 9.15. The molecule has 1 atom stereocenters. The number of nitrogens with zero attached hydrogens (tertiary/aromatic N) is 2. The molecule has 0 aliphatic carbocycles. The summed E-state index contributed by atoms with van der Waals surface area (Å²) in [7, 11) is 0. The number of hydrogen-bond acceptors (Lipinski definition) is 3. The zero-order chi connectivity index (χ0) is 17.9. The van der Waals surface area contributed by atoms with Gasteiger partial charge in [-0.25, -0.2) is 0 Å². The summed E-state index contributed by atoms with van der Waals surface area (Å²) in [4.78, 5) is 16.7. The summed E-state index contributed by atoms with van der Waals surface area (Å²) in [5.74, 6) is -0.412. The fourth-order valence-electron chi connectivity index (χ4n) is 2.88. The average Bonchev–Trinajstić information content (AvgIpc) is 2.53. The number of carbonyl (C=O) groups excluding carboxylic acids is 1. The number of carbonyl (C=O) groups is 1. The summed E-state index contributed by atoms with van der Waals surface area (Å²) in [6.07, 6.45) is -4.49. The van der Waals surface area contributed by atoms with Crippen molar-refractivity contribution in [3.05, 3.63) is 29.8 Å².